The minimum absolute atomic E-state index is 0.0329. The van der Waals surface area contributed by atoms with Crippen molar-refractivity contribution in [1.82, 2.24) is 5.32 Å². The van der Waals surface area contributed by atoms with Crippen molar-refractivity contribution in [2.24, 2.45) is 0 Å². The number of aryl methyl sites for hydroxylation is 1. The fraction of sp³-hybridized carbons (Fsp3) is 0.318. The quantitative estimate of drug-likeness (QED) is 0.542. The number of hydrogen-bond acceptors (Lipinski definition) is 2. The molecular weight excluding hydrogens is 381 g/mol. The molecule has 1 N–H and O–H groups in total. The highest BCUT2D eigenvalue weighted by atomic mass is 35.5. The Hall–Kier alpha value is -1.97. The second-order valence-electron chi connectivity index (χ2n) is 7.13. The smallest absolute Gasteiger partial charge is 0.224 e. The zero-order chi connectivity index (χ0) is 19.6. The van der Waals surface area contributed by atoms with E-state index in [1.165, 1.54) is 11.1 Å². The minimum Gasteiger partial charge on any atom is -0.464 e. The molecule has 3 nitrogen and oxygen atoms in total. The molecular formula is C22H23Cl2NO2. The molecule has 1 heterocycles. The molecule has 142 valence electrons. The zero-order valence-electron chi connectivity index (χ0n) is 15.7. The summed E-state index contributed by atoms with van der Waals surface area (Å²) in [5.74, 6) is 0.393. The van der Waals surface area contributed by atoms with Crippen LogP contribution in [0.2, 0.25) is 10.0 Å². The van der Waals surface area contributed by atoms with E-state index in [1.807, 2.05) is 6.07 Å². The molecule has 3 aromatic rings. The second kappa shape index (κ2) is 8.37. The lowest BCUT2D eigenvalue weighted by Gasteiger charge is -2.10. The summed E-state index contributed by atoms with van der Waals surface area (Å²) >= 11 is 12.1. The summed E-state index contributed by atoms with van der Waals surface area (Å²) in [7, 11) is 0. The Kier molecular flexibility index (Phi) is 6.13. The molecule has 0 aliphatic rings. The van der Waals surface area contributed by atoms with Crippen LogP contribution in [0.1, 0.15) is 42.0 Å². The first-order chi connectivity index (χ1) is 12.8. The Morgan fingerprint density at radius 1 is 1.15 bits per heavy atom. The first-order valence-corrected chi connectivity index (χ1v) is 9.82. The second-order valence-corrected chi connectivity index (χ2v) is 7.98. The highest BCUT2D eigenvalue weighted by molar-refractivity contribution is 6.35. The summed E-state index contributed by atoms with van der Waals surface area (Å²) in [4.78, 5) is 12.4. The lowest BCUT2D eigenvalue weighted by molar-refractivity contribution is -0.120. The molecule has 1 aromatic heterocycles. The van der Waals surface area contributed by atoms with Crippen LogP contribution in [0, 0.1) is 6.92 Å². The van der Waals surface area contributed by atoms with Crippen LogP contribution in [0.15, 0.2) is 41.0 Å². The summed E-state index contributed by atoms with van der Waals surface area (Å²) < 4.78 is 5.66. The van der Waals surface area contributed by atoms with E-state index in [1.54, 1.807) is 18.4 Å². The molecule has 0 bridgehead atoms. The van der Waals surface area contributed by atoms with E-state index < -0.39 is 0 Å². The summed E-state index contributed by atoms with van der Waals surface area (Å²) in [6.45, 7) is 6.95. The van der Waals surface area contributed by atoms with Crippen molar-refractivity contribution in [1.29, 1.82) is 0 Å². The predicted octanol–water partition coefficient (Wildman–Crippen LogP) is 6.07. The fourth-order valence-corrected chi connectivity index (χ4v) is 3.80. The number of carbonyl (C=O) groups is 1. The van der Waals surface area contributed by atoms with Crippen molar-refractivity contribution in [3.63, 3.8) is 0 Å². The number of rotatable bonds is 6. The van der Waals surface area contributed by atoms with Crippen LogP contribution >= 0.6 is 23.2 Å². The molecule has 0 radical (unpaired) electrons. The Morgan fingerprint density at radius 2 is 1.93 bits per heavy atom. The fourth-order valence-electron chi connectivity index (χ4n) is 3.30. The predicted molar refractivity (Wildman–Crippen MR) is 112 cm³/mol. The molecule has 0 aliphatic heterocycles. The van der Waals surface area contributed by atoms with Gasteiger partial charge in [-0.25, -0.2) is 0 Å². The van der Waals surface area contributed by atoms with E-state index in [2.05, 4.69) is 38.2 Å². The monoisotopic (exact) mass is 403 g/mol. The van der Waals surface area contributed by atoms with Crippen LogP contribution in [0.4, 0.5) is 0 Å². The van der Waals surface area contributed by atoms with Crippen LogP contribution in [-0.2, 0) is 17.6 Å². The number of hydrogen-bond donors (Lipinski definition) is 1. The topological polar surface area (TPSA) is 42.2 Å². The number of nitrogens with one attached hydrogen (secondary N) is 1. The maximum absolute atomic E-state index is 12.4. The first-order valence-electron chi connectivity index (χ1n) is 9.06. The highest BCUT2D eigenvalue weighted by Gasteiger charge is 2.14. The van der Waals surface area contributed by atoms with Gasteiger partial charge in [-0.05, 0) is 60.2 Å². The average Bonchev–Trinajstić information content (AvgIpc) is 2.97. The van der Waals surface area contributed by atoms with Gasteiger partial charge in [-0.2, -0.15) is 0 Å². The summed E-state index contributed by atoms with van der Waals surface area (Å²) in [6, 6.07) is 9.60. The molecule has 0 fully saturated rings. The van der Waals surface area contributed by atoms with Crippen LogP contribution in [-0.4, -0.2) is 12.5 Å². The van der Waals surface area contributed by atoms with Crippen molar-refractivity contribution in [2.45, 2.75) is 39.5 Å². The molecule has 0 saturated heterocycles. The number of halogens is 2. The van der Waals surface area contributed by atoms with Gasteiger partial charge >= 0.3 is 0 Å². The lowest BCUT2D eigenvalue weighted by Crippen LogP contribution is -2.27. The first kappa shape index (κ1) is 19.8. The minimum atomic E-state index is -0.0329. The third-order valence-corrected chi connectivity index (χ3v) is 5.33. The molecule has 3 rings (SSSR count). The van der Waals surface area contributed by atoms with E-state index in [0.717, 1.165) is 22.1 Å². The Morgan fingerprint density at radius 3 is 2.63 bits per heavy atom. The van der Waals surface area contributed by atoms with Gasteiger partial charge in [0.25, 0.3) is 0 Å². The number of furan rings is 1. The van der Waals surface area contributed by atoms with Crippen molar-refractivity contribution < 1.29 is 9.21 Å². The van der Waals surface area contributed by atoms with Gasteiger partial charge < -0.3 is 9.73 Å². The summed E-state index contributed by atoms with van der Waals surface area (Å²) in [5.41, 5.74) is 5.19. The largest absolute Gasteiger partial charge is 0.464 e. The Labute approximate surface area is 169 Å². The third kappa shape index (κ3) is 4.66. The van der Waals surface area contributed by atoms with Gasteiger partial charge in [0.15, 0.2) is 0 Å². The van der Waals surface area contributed by atoms with Gasteiger partial charge in [0, 0.05) is 27.5 Å². The van der Waals surface area contributed by atoms with Gasteiger partial charge in [-0.3, -0.25) is 4.79 Å². The Balaban J connectivity index is 1.64. The summed E-state index contributed by atoms with van der Waals surface area (Å²) in [5, 5.41) is 5.19. The highest BCUT2D eigenvalue weighted by Crippen LogP contribution is 2.29. The molecule has 0 spiro atoms. The van der Waals surface area contributed by atoms with E-state index in [0.29, 0.717) is 35.3 Å². The molecule has 1 amide bonds. The Bertz CT molecular complexity index is 976. The van der Waals surface area contributed by atoms with Crippen molar-refractivity contribution in [2.75, 3.05) is 6.54 Å². The van der Waals surface area contributed by atoms with Gasteiger partial charge in [-0.15, -0.1) is 0 Å². The lowest BCUT2D eigenvalue weighted by atomic mass is 9.95. The van der Waals surface area contributed by atoms with Crippen molar-refractivity contribution in [3.8, 4) is 0 Å². The standard InChI is InChI=1S/C22H23Cl2NO2/c1-13(2)18-11-19-16(12-27-21(19)8-14(18)3)9-22(26)25-7-6-15-4-5-17(23)10-20(15)24/h4-5,8,10-13H,6-7,9H2,1-3H3,(H,25,26). The molecule has 0 unspecified atom stereocenters. The van der Waals surface area contributed by atoms with Crippen LogP contribution < -0.4 is 5.32 Å². The number of fused-ring (bicyclic) bond motifs is 1. The van der Waals surface area contributed by atoms with Gasteiger partial charge in [0.1, 0.15) is 5.58 Å². The van der Waals surface area contributed by atoms with Crippen molar-refractivity contribution in [3.05, 3.63) is 68.9 Å². The van der Waals surface area contributed by atoms with Crippen molar-refractivity contribution >= 4 is 40.1 Å². The maximum Gasteiger partial charge on any atom is 0.224 e. The molecule has 5 heteroatoms. The SMILES string of the molecule is Cc1cc2occ(CC(=O)NCCc3ccc(Cl)cc3Cl)c2cc1C(C)C. The van der Waals surface area contributed by atoms with E-state index in [-0.39, 0.29) is 5.91 Å². The normalized spacial score (nSPS) is 11.3. The third-order valence-electron chi connectivity index (χ3n) is 4.75. The average molecular weight is 404 g/mol. The number of benzene rings is 2. The molecule has 27 heavy (non-hydrogen) atoms. The van der Waals surface area contributed by atoms with Crippen LogP contribution in [0.3, 0.4) is 0 Å². The van der Waals surface area contributed by atoms with Gasteiger partial charge in [-0.1, -0.05) is 43.1 Å². The van der Waals surface area contributed by atoms with E-state index in [9.17, 15) is 4.79 Å². The van der Waals surface area contributed by atoms with E-state index >= 15 is 0 Å². The van der Waals surface area contributed by atoms with Crippen LogP contribution in [0.5, 0.6) is 0 Å². The van der Waals surface area contributed by atoms with Crippen LogP contribution in [0.25, 0.3) is 11.0 Å². The van der Waals surface area contributed by atoms with Gasteiger partial charge in [0.05, 0.1) is 12.7 Å². The molecule has 0 atom stereocenters. The van der Waals surface area contributed by atoms with Gasteiger partial charge in [0.2, 0.25) is 5.91 Å². The summed E-state index contributed by atoms with van der Waals surface area (Å²) in [6.07, 6.45) is 2.64. The number of amides is 1. The van der Waals surface area contributed by atoms with E-state index in [4.69, 9.17) is 27.6 Å². The molecule has 2 aromatic carbocycles. The zero-order valence-corrected chi connectivity index (χ0v) is 17.2. The molecule has 0 aliphatic carbocycles. The number of carbonyl (C=O) groups excluding carboxylic acids is 1. The maximum atomic E-state index is 12.4. The molecule has 0 saturated carbocycles.